The Morgan fingerprint density at radius 2 is 1.80 bits per heavy atom. The lowest BCUT2D eigenvalue weighted by atomic mass is 10.1. The van der Waals surface area contributed by atoms with Crippen LogP contribution in [0.5, 0.6) is 0 Å². The van der Waals surface area contributed by atoms with Gasteiger partial charge in [0.15, 0.2) is 0 Å². The number of hydrogen-bond donors (Lipinski definition) is 1. The van der Waals surface area contributed by atoms with Crippen molar-refractivity contribution in [1.29, 1.82) is 0 Å². The van der Waals surface area contributed by atoms with Crippen molar-refractivity contribution in [3.63, 3.8) is 0 Å². The topological polar surface area (TPSA) is 55.4 Å². The van der Waals surface area contributed by atoms with Crippen molar-refractivity contribution in [2.24, 2.45) is 0 Å². The summed E-state index contributed by atoms with van der Waals surface area (Å²) in [6.45, 7) is 7.83. The van der Waals surface area contributed by atoms with Crippen LogP contribution in [-0.4, -0.2) is 27.7 Å². The average molecular weight is 303 g/mol. The molecule has 0 amide bonds. The summed E-state index contributed by atoms with van der Waals surface area (Å²) in [4.78, 5) is 0.156. The number of hydrogen-bond acceptors (Lipinski definition) is 3. The summed E-state index contributed by atoms with van der Waals surface area (Å²) in [6.07, 6.45) is 0.727. The summed E-state index contributed by atoms with van der Waals surface area (Å²) in [7, 11) is -3.61. The van der Waals surface area contributed by atoms with Crippen molar-refractivity contribution < 1.29 is 17.5 Å². The van der Waals surface area contributed by atoms with Gasteiger partial charge in [-0.3, -0.25) is 0 Å². The standard InChI is InChI=1S/C14H22FNO3S/c1-10(2)19-7-5-6-16-20(17,18)14-11(3)8-13(15)9-12(14)4/h8-10,16H,5-7H2,1-4H3. The van der Waals surface area contributed by atoms with E-state index in [-0.39, 0.29) is 11.0 Å². The molecule has 0 aromatic heterocycles. The molecule has 1 rings (SSSR count). The summed E-state index contributed by atoms with van der Waals surface area (Å²) < 4.78 is 45.5. The van der Waals surface area contributed by atoms with E-state index in [1.54, 1.807) is 13.8 Å². The number of benzene rings is 1. The smallest absolute Gasteiger partial charge is 0.241 e. The van der Waals surface area contributed by atoms with E-state index in [0.29, 0.717) is 30.7 Å². The molecule has 6 heteroatoms. The first-order valence-electron chi connectivity index (χ1n) is 6.62. The zero-order valence-electron chi connectivity index (χ0n) is 12.4. The zero-order chi connectivity index (χ0) is 15.3. The van der Waals surface area contributed by atoms with Crippen LogP contribution in [0.1, 0.15) is 31.4 Å². The van der Waals surface area contributed by atoms with Gasteiger partial charge in [-0.25, -0.2) is 17.5 Å². The van der Waals surface area contributed by atoms with Gasteiger partial charge >= 0.3 is 0 Å². The van der Waals surface area contributed by atoms with Crippen molar-refractivity contribution in [3.05, 3.63) is 29.1 Å². The first-order chi connectivity index (χ1) is 9.24. The molecule has 0 radical (unpaired) electrons. The summed E-state index contributed by atoms with van der Waals surface area (Å²) >= 11 is 0. The second-order valence-electron chi connectivity index (χ2n) is 5.04. The van der Waals surface area contributed by atoms with Crippen molar-refractivity contribution in [2.45, 2.75) is 45.1 Å². The highest BCUT2D eigenvalue weighted by Gasteiger charge is 2.19. The average Bonchev–Trinajstić information content (AvgIpc) is 2.25. The molecular formula is C14H22FNO3S. The molecule has 20 heavy (non-hydrogen) atoms. The summed E-state index contributed by atoms with van der Waals surface area (Å²) in [5.41, 5.74) is 0.821. The summed E-state index contributed by atoms with van der Waals surface area (Å²) in [6, 6.07) is 2.45. The van der Waals surface area contributed by atoms with Gasteiger partial charge in [0, 0.05) is 13.2 Å². The minimum Gasteiger partial charge on any atom is -0.379 e. The fraction of sp³-hybridized carbons (Fsp3) is 0.571. The molecule has 0 atom stereocenters. The molecule has 4 nitrogen and oxygen atoms in total. The van der Waals surface area contributed by atoms with Crippen LogP contribution in [0.3, 0.4) is 0 Å². The number of sulfonamides is 1. The van der Waals surface area contributed by atoms with Crippen LogP contribution in [0.2, 0.25) is 0 Å². The van der Waals surface area contributed by atoms with Gasteiger partial charge in [-0.15, -0.1) is 0 Å². The normalized spacial score (nSPS) is 12.1. The number of nitrogens with one attached hydrogen (secondary N) is 1. The maximum Gasteiger partial charge on any atom is 0.241 e. The van der Waals surface area contributed by atoms with Gasteiger partial charge < -0.3 is 4.74 Å². The van der Waals surface area contributed by atoms with E-state index in [1.807, 2.05) is 13.8 Å². The highest BCUT2D eigenvalue weighted by atomic mass is 32.2. The zero-order valence-corrected chi connectivity index (χ0v) is 13.2. The van der Waals surface area contributed by atoms with Crippen LogP contribution in [-0.2, 0) is 14.8 Å². The third-order valence-corrected chi connectivity index (χ3v) is 4.52. The van der Waals surface area contributed by atoms with E-state index < -0.39 is 15.8 Å². The van der Waals surface area contributed by atoms with Crippen molar-refractivity contribution >= 4 is 10.0 Å². The second kappa shape index (κ2) is 7.15. The predicted molar refractivity (Wildman–Crippen MR) is 76.8 cm³/mol. The Hall–Kier alpha value is -0.980. The lowest BCUT2D eigenvalue weighted by Gasteiger charge is -2.12. The monoisotopic (exact) mass is 303 g/mol. The maximum absolute atomic E-state index is 13.2. The highest BCUT2D eigenvalue weighted by molar-refractivity contribution is 7.89. The Morgan fingerprint density at radius 3 is 2.30 bits per heavy atom. The van der Waals surface area contributed by atoms with E-state index in [0.717, 1.165) is 0 Å². The Kier molecular flexibility index (Phi) is 6.10. The number of rotatable bonds is 7. The Balaban J connectivity index is 2.70. The molecule has 0 aliphatic carbocycles. The third kappa shape index (κ3) is 4.85. The molecule has 0 spiro atoms. The van der Waals surface area contributed by atoms with Crippen LogP contribution < -0.4 is 4.72 Å². The molecule has 1 aromatic carbocycles. The van der Waals surface area contributed by atoms with Gasteiger partial charge in [-0.2, -0.15) is 0 Å². The molecule has 0 aliphatic rings. The summed E-state index contributed by atoms with van der Waals surface area (Å²) in [5.74, 6) is -0.427. The highest BCUT2D eigenvalue weighted by Crippen LogP contribution is 2.21. The van der Waals surface area contributed by atoms with E-state index in [4.69, 9.17) is 4.74 Å². The summed E-state index contributed by atoms with van der Waals surface area (Å²) in [5, 5.41) is 0. The second-order valence-corrected chi connectivity index (χ2v) is 6.74. The van der Waals surface area contributed by atoms with Crippen molar-refractivity contribution in [2.75, 3.05) is 13.2 Å². The Labute approximate surface area is 120 Å². The fourth-order valence-electron chi connectivity index (χ4n) is 1.99. The molecular weight excluding hydrogens is 281 g/mol. The van der Waals surface area contributed by atoms with Crippen LogP contribution in [0.25, 0.3) is 0 Å². The Bertz CT molecular complexity index is 533. The van der Waals surface area contributed by atoms with Crippen molar-refractivity contribution in [3.8, 4) is 0 Å². The van der Waals surface area contributed by atoms with E-state index in [9.17, 15) is 12.8 Å². The van der Waals surface area contributed by atoms with Gasteiger partial charge in [-0.05, 0) is 57.4 Å². The van der Waals surface area contributed by atoms with Crippen LogP contribution in [0, 0.1) is 19.7 Å². The molecule has 0 aliphatic heterocycles. The van der Waals surface area contributed by atoms with Gasteiger partial charge in [-0.1, -0.05) is 0 Å². The minimum atomic E-state index is -3.61. The van der Waals surface area contributed by atoms with Gasteiger partial charge in [0.25, 0.3) is 0 Å². The molecule has 0 bridgehead atoms. The van der Waals surface area contributed by atoms with Gasteiger partial charge in [0.1, 0.15) is 5.82 Å². The molecule has 1 aromatic rings. The molecule has 1 N–H and O–H groups in total. The Morgan fingerprint density at radius 1 is 1.25 bits per heavy atom. The fourth-order valence-corrected chi connectivity index (χ4v) is 3.51. The van der Waals surface area contributed by atoms with E-state index in [2.05, 4.69) is 4.72 Å². The largest absolute Gasteiger partial charge is 0.379 e. The number of ether oxygens (including phenoxy) is 1. The van der Waals surface area contributed by atoms with Crippen LogP contribution in [0.15, 0.2) is 17.0 Å². The van der Waals surface area contributed by atoms with Gasteiger partial charge in [0.05, 0.1) is 11.0 Å². The molecule has 0 saturated carbocycles. The maximum atomic E-state index is 13.2. The minimum absolute atomic E-state index is 0.133. The first-order valence-corrected chi connectivity index (χ1v) is 8.10. The SMILES string of the molecule is Cc1cc(F)cc(C)c1S(=O)(=O)NCCCOC(C)C. The molecule has 0 saturated heterocycles. The van der Waals surface area contributed by atoms with E-state index >= 15 is 0 Å². The number of aryl methyl sites for hydroxylation is 2. The quantitative estimate of drug-likeness (QED) is 0.788. The van der Waals surface area contributed by atoms with Crippen LogP contribution in [0.4, 0.5) is 4.39 Å². The van der Waals surface area contributed by atoms with Crippen molar-refractivity contribution in [1.82, 2.24) is 4.72 Å². The molecule has 0 fully saturated rings. The van der Waals surface area contributed by atoms with Crippen LogP contribution >= 0.6 is 0 Å². The molecule has 0 heterocycles. The lowest BCUT2D eigenvalue weighted by molar-refractivity contribution is 0.0778. The predicted octanol–water partition coefficient (Wildman–Crippen LogP) is 2.54. The lowest BCUT2D eigenvalue weighted by Crippen LogP contribution is -2.27. The number of halogens is 1. The molecule has 0 unspecified atom stereocenters. The van der Waals surface area contributed by atoms with E-state index in [1.165, 1.54) is 12.1 Å². The molecule has 114 valence electrons. The first kappa shape index (κ1) is 17.1. The third-order valence-electron chi connectivity index (χ3n) is 2.76. The van der Waals surface area contributed by atoms with Gasteiger partial charge in [0.2, 0.25) is 10.0 Å².